The molecular weight excluding hydrogens is 242 g/mol. The Bertz CT molecular complexity index is 507. The molecule has 19 heavy (non-hydrogen) atoms. The molecule has 1 fully saturated rings. The van der Waals surface area contributed by atoms with E-state index in [0.29, 0.717) is 17.8 Å². The highest BCUT2D eigenvalue weighted by atomic mass is 16.5. The molecule has 0 bridgehead atoms. The predicted molar refractivity (Wildman–Crippen MR) is 70.7 cm³/mol. The van der Waals surface area contributed by atoms with Gasteiger partial charge in [0.25, 0.3) is 0 Å². The first-order valence-corrected chi connectivity index (χ1v) is 6.98. The van der Waals surface area contributed by atoms with Crippen molar-refractivity contribution in [2.24, 2.45) is 0 Å². The first-order valence-electron chi connectivity index (χ1n) is 6.98. The normalized spacial score (nSPS) is 23.0. The zero-order chi connectivity index (χ0) is 13.1. The number of furan rings is 1. The van der Waals surface area contributed by atoms with Gasteiger partial charge in [-0.2, -0.15) is 4.98 Å². The summed E-state index contributed by atoms with van der Waals surface area (Å²) in [6.45, 7) is 3.23. The summed E-state index contributed by atoms with van der Waals surface area (Å²) in [6.07, 6.45) is 7.92. The second-order valence-corrected chi connectivity index (χ2v) is 5.07. The zero-order valence-electron chi connectivity index (χ0n) is 11.1. The molecule has 2 unspecified atom stereocenters. The van der Waals surface area contributed by atoms with Crippen LogP contribution in [0, 0.1) is 0 Å². The lowest BCUT2D eigenvalue weighted by atomic mass is 10.0. The van der Waals surface area contributed by atoms with E-state index in [2.05, 4.69) is 22.4 Å². The van der Waals surface area contributed by atoms with E-state index in [-0.39, 0.29) is 0 Å². The third-order valence-corrected chi connectivity index (χ3v) is 3.71. The monoisotopic (exact) mass is 261 g/mol. The van der Waals surface area contributed by atoms with Crippen LogP contribution in [0.3, 0.4) is 0 Å². The van der Waals surface area contributed by atoms with E-state index in [1.165, 1.54) is 12.8 Å². The van der Waals surface area contributed by atoms with E-state index in [1.54, 1.807) is 12.5 Å². The minimum Gasteiger partial charge on any atom is -0.472 e. The zero-order valence-corrected chi connectivity index (χ0v) is 11.1. The quantitative estimate of drug-likeness (QED) is 0.896. The highest BCUT2D eigenvalue weighted by molar-refractivity contribution is 5.51. The molecule has 0 aliphatic heterocycles. The van der Waals surface area contributed by atoms with E-state index < -0.39 is 0 Å². The molecule has 2 atom stereocenters. The van der Waals surface area contributed by atoms with E-state index in [0.717, 1.165) is 30.8 Å². The SMILES string of the molecule is CCCNC1CCCC1c1nc(-c2ccoc2)no1. The van der Waals surface area contributed by atoms with Crippen LogP contribution in [-0.2, 0) is 0 Å². The highest BCUT2D eigenvalue weighted by Gasteiger charge is 2.32. The van der Waals surface area contributed by atoms with Crippen LogP contribution < -0.4 is 5.32 Å². The van der Waals surface area contributed by atoms with Crippen LogP contribution in [0.4, 0.5) is 0 Å². The van der Waals surface area contributed by atoms with Crippen molar-refractivity contribution in [3.05, 3.63) is 24.5 Å². The molecule has 5 nitrogen and oxygen atoms in total. The lowest BCUT2D eigenvalue weighted by Gasteiger charge is -2.17. The molecule has 0 aromatic carbocycles. The maximum atomic E-state index is 5.44. The average Bonchev–Trinajstić information content (AvgIpc) is 3.14. The van der Waals surface area contributed by atoms with Crippen LogP contribution >= 0.6 is 0 Å². The Morgan fingerprint density at radius 3 is 3.16 bits per heavy atom. The van der Waals surface area contributed by atoms with Crippen LogP contribution in [0.5, 0.6) is 0 Å². The molecule has 0 radical (unpaired) electrons. The Labute approximate surface area is 112 Å². The fraction of sp³-hybridized carbons (Fsp3) is 0.571. The number of hydrogen-bond acceptors (Lipinski definition) is 5. The summed E-state index contributed by atoms with van der Waals surface area (Å²) in [5, 5.41) is 7.62. The first kappa shape index (κ1) is 12.4. The summed E-state index contributed by atoms with van der Waals surface area (Å²) in [6, 6.07) is 2.31. The number of nitrogens with zero attached hydrogens (tertiary/aromatic N) is 2. The molecular formula is C14H19N3O2. The maximum absolute atomic E-state index is 5.44. The van der Waals surface area contributed by atoms with E-state index in [4.69, 9.17) is 8.94 Å². The van der Waals surface area contributed by atoms with Gasteiger partial charge in [0.1, 0.15) is 6.26 Å². The smallest absolute Gasteiger partial charge is 0.231 e. The van der Waals surface area contributed by atoms with Gasteiger partial charge in [-0.3, -0.25) is 0 Å². The van der Waals surface area contributed by atoms with Crippen molar-refractivity contribution in [1.82, 2.24) is 15.5 Å². The highest BCUT2D eigenvalue weighted by Crippen LogP contribution is 2.34. The molecule has 1 aliphatic rings. The lowest BCUT2D eigenvalue weighted by Crippen LogP contribution is -2.31. The first-order chi connectivity index (χ1) is 9.38. The van der Waals surface area contributed by atoms with Crippen molar-refractivity contribution in [3.63, 3.8) is 0 Å². The molecule has 2 aromatic rings. The van der Waals surface area contributed by atoms with Gasteiger partial charge in [-0.05, 0) is 31.9 Å². The second-order valence-electron chi connectivity index (χ2n) is 5.07. The number of nitrogens with one attached hydrogen (secondary N) is 1. The third-order valence-electron chi connectivity index (χ3n) is 3.71. The van der Waals surface area contributed by atoms with Gasteiger partial charge >= 0.3 is 0 Å². The largest absolute Gasteiger partial charge is 0.472 e. The van der Waals surface area contributed by atoms with Crippen LogP contribution in [0.15, 0.2) is 27.5 Å². The molecule has 2 aromatic heterocycles. The third kappa shape index (κ3) is 2.56. The summed E-state index contributed by atoms with van der Waals surface area (Å²) in [4.78, 5) is 4.52. The standard InChI is InChI=1S/C14H19N3O2/c1-2-7-15-12-5-3-4-11(12)14-16-13(17-19-14)10-6-8-18-9-10/h6,8-9,11-12,15H,2-5,7H2,1H3. The van der Waals surface area contributed by atoms with Gasteiger partial charge in [0, 0.05) is 6.04 Å². The molecule has 0 spiro atoms. The van der Waals surface area contributed by atoms with E-state index in [9.17, 15) is 0 Å². The molecule has 102 valence electrons. The average molecular weight is 261 g/mol. The van der Waals surface area contributed by atoms with Gasteiger partial charge < -0.3 is 14.3 Å². The van der Waals surface area contributed by atoms with Gasteiger partial charge in [0.2, 0.25) is 11.7 Å². The summed E-state index contributed by atoms with van der Waals surface area (Å²) in [5.41, 5.74) is 0.867. The number of hydrogen-bond donors (Lipinski definition) is 1. The van der Waals surface area contributed by atoms with Crippen LogP contribution in [0.25, 0.3) is 11.4 Å². The van der Waals surface area contributed by atoms with Gasteiger partial charge in [-0.25, -0.2) is 0 Å². The van der Waals surface area contributed by atoms with Crippen LogP contribution in [-0.4, -0.2) is 22.7 Å². The minimum atomic E-state index is 0.347. The van der Waals surface area contributed by atoms with Crippen LogP contribution in [0.1, 0.15) is 44.4 Å². The van der Waals surface area contributed by atoms with Crippen molar-refractivity contribution in [1.29, 1.82) is 0 Å². The fourth-order valence-electron chi connectivity index (χ4n) is 2.72. The Balaban J connectivity index is 1.75. The summed E-state index contributed by atoms with van der Waals surface area (Å²) in [7, 11) is 0. The molecule has 0 amide bonds. The minimum absolute atomic E-state index is 0.347. The Hall–Kier alpha value is -1.62. The van der Waals surface area contributed by atoms with Gasteiger partial charge in [0.15, 0.2) is 0 Å². The molecule has 0 saturated heterocycles. The van der Waals surface area contributed by atoms with Crippen LogP contribution in [0.2, 0.25) is 0 Å². The van der Waals surface area contributed by atoms with E-state index >= 15 is 0 Å². The summed E-state index contributed by atoms with van der Waals surface area (Å²) < 4.78 is 10.5. The van der Waals surface area contributed by atoms with Crippen molar-refractivity contribution in [3.8, 4) is 11.4 Å². The number of rotatable bonds is 5. The fourth-order valence-corrected chi connectivity index (χ4v) is 2.72. The summed E-state index contributed by atoms with van der Waals surface area (Å²) in [5.74, 6) is 1.71. The molecule has 3 rings (SSSR count). The molecule has 1 N–H and O–H groups in total. The summed E-state index contributed by atoms with van der Waals surface area (Å²) >= 11 is 0. The van der Waals surface area contributed by atoms with Crippen molar-refractivity contribution >= 4 is 0 Å². The second kappa shape index (κ2) is 5.57. The Morgan fingerprint density at radius 1 is 1.42 bits per heavy atom. The Morgan fingerprint density at radius 2 is 2.37 bits per heavy atom. The van der Waals surface area contributed by atoms with Crippen molar-refractivity contribution in [2.75, 3.05) is 6.54 Å². The van der Waals surface area contributed by atoms with Gasteiger partial charge in [-0.1, -0.05) is 18.5 Å². The van der Waals surface area contributed by atoms with Crippen molar-refractivity contribution in [2.45, 2.75) is 44.6 Å². The number of aromatic nitrogens is 2. The van der Waals surface area contributed by atoms with Crippen molar-refractivity contribution < 1.29 is 8.94 Å². The molecule has 2 heterocycles. The van der Waals surface area contributed by atoms with E-state index in [1.807, 2.05) is 6.07 Å². The van der Waals surface area contributed by atoms with Gasteiger partial charge in [-0.15, -0.1) is 0 Å². The molecule has 5 heteroatoms. The van der Waals surface area contributed by atoms with Gasteiger partial charge in [0.05, 0.1) is 17.7 Å². The topological polar surface area (TPSA) is 64.1 Å². The Kier molecular flexibility index (Phi) is 3.64. The molecule has 1 aliphatic carbocycles. The predicted octanol–water partition coefficient (Wildman–Crippen LogP) is 2.97. The maximum Gasteiger partial charge on any atom is 0.231 e. The molecule has 1 saturated carbocycles. The lowest BCUT2D eigenvalue weighted by molar-refractivity contribution is 0.330.